The van der Waals surface area contributed by atoms with E-state index < -0.39 is 0 Å². The summed E-state index contributed by atoms with van der Waals surface area (Å²) in [5.41, 5.74) is 6.35. The minimum Gasteiger partial charge on any atom is -0.378 e. The lowest BCUT2D eigenvalue weighted by atomic mass is 9.88. The van der Waals surface area contributed by atoms with Crippen LogP contribution in [-0.4, -0.2) is 44.9 Å². The van der Waals surface area contributed by atoms with E-state index in [1.165, 1.54) is 17.7 Å². The standard InChI is InChI=1S/C33H39N3O2/c1-34(2)30-20-18-28(19-21-30)27-16-13-26(14-17-27)24-36(33(38)29-10-6-5-7-11-29)31-12-8-9-25(23-31)15-22-32(37)35(3)4/h8-9,12-23,29H,5-7,10-11,24H2,1-4H3/b22-15+. The molecule has 0 radical (unpaired) electrons. The van der Waals surface area contributed by atoms with E-state index in [4.69, 9.17) is 0 Å². The van der Waals surface area contributed by atoms with Gasteiger partial charge in [-0.15, -0.1) is 0 Å². The Labute approximate surface area is 227 Å². The number of carbonyl (C=O) groups excluding carboxylic acids is 2. The highest BCUT2D eigenvalue weighted by Gasteiger charge is 2.27. The first-order valence-electron chi connectivity index (χ1n) is 13.5. The van der Waals surface area contributed by atoms with Gasteiger partial charge in [-0.3, -0.25) is 9.59 Å². The summed E-state index contributed by atoms with van der Waals surface area (Å²) >= 11 is 0. The summed E-state index contributed by atoms with van der Waals surface area (Å²) in [4.78, 5) is 31.4. The molecule has 0 unspecified atom stereocenters. The summed E-state index contributed by atoms with van der Waals surface area (Å²) < 4.78 is 0. The Kier molecular flexibility index (Phi) is 9.01. The number of hydrogen-bond acceptors (Lipinski definition) is 3. The fourth-order valence-electron chi connectivity index (χ4n) is 4.92. The number of carbonyl (C=O) groups is 2. The van der Waals surface area contributed by atoms with Crippen LogP contribution in [0.3, 0.4) is 0 Å². The van der Waals surface area contributed by atoms with Gasteiger partial charge in [-0.2, -0.15) is 0 Å². The van der Waals surface area contributed by atoms with Crippen LogP contribution < -0.4 is 9.80 Å². The van der Waals surface area contributed by atoms with Gasteiger partial charge >= 0.3 is 0 Å². The van der Waals surface area contributed by atoms with E-state index in [2.05, 4.69) is 53.4 Å². The minimum atomic E-state index is -0.0676. The molecule has 1 aliphatic carbocycles. The highest BCUT2D eigenvalue weighted by molar-refractivity contribution is 5.96. The third-order valence-corrected chi connectivity index (χ3v) is 7.27. The molecule has 1 saturated carbocycles. The number of likely N-dealkylation sites (N-methyl/N-ethyl adjacent to an activating group) is 1. The van der Waals surface area contributed by atoms with Gasteiger partial charge in [-0.25, -0.2) is 0 Å². The van der Waals surface area contributed by atoms with Gasteiger partial charge in [0.2, 0.25) is 11.8 Å². The molecule has 4 rings (SSSR count). The largest absolute Gasteiger partial charge is 0.378 e. The smallest absolute Gasteiger partial charge is 0.246 e. The van der Waals surface area contributed by atoms with Crippen LogP contribution in [0.2, 0.25) is 0 Å². The van der Waals surface area contributed by atoms with Gasteiger partial charge in [0.1, 0.15) is 0 Å². The van der Waals surface area contributed by atoms with Gasteiger partial charge in [0.25, 0.3) is 0 Å². The van der Waals surface area contributed by atoms with E-state index in [0.29, 0.717) is 6.54 Å². The first kappa shape index (κ1) is 27.2. The molecule has 0 atom stereocenters. The van der Waals surface area contributed by atoms with Crippen molar-refractivity contribution in [1.82, 2.24) is 4.90 Å². The maximum absolute atomic E-state index is 13.8. The summed E-state index contributed by atoms with van der Waals surface area (Å²) in [6.07, 6.45) is 8.72. The lowest BCUT2D eigenvalue weighted by Gasteiger charge is -2.30. The Balaban J connectivity index is 1.58. The van der Waals surface area contributed by atoms with E-state index in [-0.39, 0.29) is 17.7 Å². The Hall–Kier alpha value is -3.86. The van der Waals surface area contributed by atoms with Gasteiger partial charge in [0, 0.05) is 51.6 Å². The second kappa shape index (κ2) is 12.6. The van der Waals surface area contributed by atoms with Gasteiger partial charge in [-0.05, 0) is 65.4 Å². The second-order valence-electron chi connectivity index (χ2n) is 10.6. The Bertz CT molecular complexity index is 1250. The molecule has 0 N–H and O–H groups in total. The van der Waals surface area contributed by atoms with Crippen LogP contribution in [0.4, 0.5) is 11.4 Å². The fourth-order valence-corrected chi connectivity index (χ4v) is 4.92. The molecule has 3 aromatic rings. The topological polar surface area (TPSA) is 43.9 Å². The van der Waals surface area contributed by atoms with E-state index >= 15 is 0 Å². The van der Waals surface area contributed by atoms with Crippen molar-refractivity contribution >= 4 is 29.3 Å². The molecular formula is C33H39N3O2. The molecule has 1 aliphatic rings. The van der Waals surface area contributed by atoms with Crippen LogP contribution in [0.15, 0.2) is 78.9 Å². The number of rotatable bonds is 8. The molecule has 198 valence electrons. The zero-order valence-corrected chi connectivity index (χ0v) is 23.1. The minimum absolute atomic E-state index is 0.0627. The number of hydrogen-bond donors (Lipinski definition) is 0. The van der Waals surface area contributed by atoms with E-state index in [0.717, 1.165) is 48.1 Å². The summed E-state index contributed by atoms with van der Waals surface area (Å²) in [7, 11) is 7.55. The zero-order valence-electron chi connectivity index (χ0n) is 23.1. The van der Waals surface area contributed by atoms with Crippen molar-refractivity contribution in [2.75, 3.05) is 38.0 Å². The van der Waals surface area contributed by atoms with Crippen molar-refractivity contribution in [3.63, 3.8) is 0 Å². The molecular weight excluding hydrogens is 470 g/mol. The van der Waals surface area contributed by atoms with Crippen LogP contribution in [0.5, 0.6) is 0 Å². The molecule has 0 spiro atoms. The molecule has 5 nitrogen and oxygen atoms in total. The van der Waals surface area contributed by atoms with Crippen molar-refractivity contribution in [2.45, 2.75) is 38.6 Å². The maximum Gasteiger partial charge on any atom is 0.246 e. The van der Waals surface area contributed by atoms with E-state index in [1.807, 2.05) is 49.3 Å². The SMILES string of the molecule is CN(C)C(=O)/C=C/c1cccc(N(Cc2ccc(-c3ccc(N(C)C)cc3)cc2)C(=O)C2CCCCC2)c1. The highest BCUT2D eigenvalue weighted by Crippen LogP contribution is 2.30. The van der Waals surface area contributed by atoms with Crippen molar-refractivity contribution in [2.24, 2.45) is 5.92 Å². The highest BCUT2D eigenvalue weighted by atomic mass is 16.2. The second-order valence-corrected chi connectivity index (χ2v) is 10.6. The molecule has 3 aromatic carbocycles. The lowest BCUT2D eigenvalue weighted by molar-refractivity contribution is -0.124. The maximum atomic E-state index is 13.8. The third kappa shape index (κ3) is 6.91. The normalized spacial score (nSPS) is 13.9. The van der Waals surface area contributed by atoms with Crippen molar-refractivity contribution in [1.29, 1.82) is 0 Å². The summed E-state index contributed by atoms with van der Waals surface area (Å²) in [5.74, 6) is 0.188. The molecule has 2 amide bonds. The first-order valence-corrected chi connectivity index (χ1v) is 13.5. The number of anilines is 2. The summed E-state index contributed by atoms with van der Waals surface area (Å²) in [6, 6.07) is 25.0. The van der Waals surface area contributed by atoms with Gasteiger partial charge in [0.15, 0.2) is 0 Å². The van der Waals surface area contributed by atoms with Gasteiger partial charge < -0.3 is 14.7 Å². The van der Waals surface area contributed by atoms with Crippen LogP contribution in [0.1, 0.15) is 43.2 Å². The molecule has 5 heteroatoms. The van der Waals surface area contributed by atoms with Crippen molar-refractivity contribution < 1.29 is 9.59 Å². The number of nitrogens with zero attached hydrogens (tertiary/aromatic N) is 3. The molecule has 38 heavy (non-hydrogen) atoms. The molecule has 0 bridgehead atoms. The Morgan fingerprint density at radius 1 is 0.789 bits per heavy atom. The average Bonchev–Trinajstić information content (AvgIpc) is 2.95. The van der Waals surface area contributed by atoms with Crippen LogP contribution in [0, 0.1) is 5.92 Å². The zero-order chi connectivity index (χ0) is 27.1. The third-order valence-electron chi connectivity index (χ3n) is 7.27. The quantitative estimate of drug-likeness (QED) is 0.320. The van der Waals surface area contributed by atoms with Gasteiger partial charge in [0.05, 0.1) is 6.54 Å². The average molecular weight is 510 g/mol. The predicted molar refractivity (Wildman–Crippen MR) is 158 cm³/mol. The van der Waals surface area contributed by atoms with Crippen LogP contribution in [0.25, 0.3) is 17.2 Å². The summed E-state index contributed by atoms with van der Waals surface area (Å²) in [5, 5.41) is 0. The lowest BCUT2D eigenvalue weighted by Crippen LogP contribution is -2.36. The molecule has 0 aromatic heterocycles. The summed E-state index contributed by atoms with van der Waals surface area (Å²) in [6.45, 7) is 0.513. The Morgan fingerprint density at radius 2 is 1.42 bits per heavy atom. The van der Waals surface area contributed by atoms with Gasteiger partial charge in [-0.1, -0.05) is 67.8 Å². The molecule has 0 aliphatic heterocycles. The van der Waals surface area contributed by atoms with E-state index in [9.17, 15) is 9.59 Å². The monoisotopic (exact) mass is 509 g/mol. The fraction of sp³-hybridized carbons (Fsp3) is 0.333. The molecule has 1 fully saturated rings. The first-order chi connectivity index (χ1) is 18.3. The molecule has 0 heterocycles. The number of amides is 2. The van der Waals surface area contributed by atoms with Crippen molar-refractivity contribution in [3.05, 3.63) is 90.0 Å². The number of benzene rings is 3. The van der Waals surface area contributed by atoms with Crippen LogP contribution >= 0.6 is 0 Å². The van der Waals surface area contributed by atoms with E-state index in [1.54, 1.807) is 25.1 Å². The predicted octanol–water partition coefficient (Wildman–Crippen LogP) is 6.63. The Morgan fingerprint density at radius 3 is 2.03 bits per heavy atom. The van der Waals surface area contributed by atoms with Crippen LogP contribution in [-0.2, 0) is 16.1 Å². The van der Waals surface area contributed by atoms with Crippen molar-refractivity contribution in [3.8, 4) is 11.1 Å². The molecule has 0 saturated heterocycles.